The lowest BCUT2D eigenvalue weighted by Gasteiger charge is -2.40. The maximum atomic E-state index is 16.0. The number of aromatic nitrogens is 1. The topological polar surface area (TPSA) is 109 Å². The van der Waals surface area contributed by atoms with Gasteiger partial charge in [-0.05, 0) is 19.5 Å². The predicted molar refractivity (Wildman–Crippen MR) is 128 cm³/mol. The first kappa shape index (κ1) is 26.2. The summed E-state index contributed by atoms with van der Waals surface area (Å²) in [6.07, 6.45) is -2.24. The third-order valence-corrected chi connectivity index (χ3v) is 6.68. The SMILES string of the molecule is CC1CN(c2cc(F)c(C3=CCN(C(=O)O)C3)c(F)c2NC(=O)c2c[nH]c(=O)cc2C(F)F)CCN1C. The first-order valence-corrected chi connectivity index (χ1v) is 11.4. The lowest BCUT2D eigenvalue weighted by Crippen LogP contribution is -2.50. The highest BCUT2D eigenvalue weighted by molar-refractivity contribution is 6.07. The standard InChI is InChI=1S/C24H25F4N5O4/c1-12-10-32(6-5-31(12)2)17-8-16(25)19(13-3-4-33(11-13)24(36)37)20(26)21(17)30-23(35)15-9-29-18(34)7-14(15)22(27)28/h3,7-9,12,22H,4-6,10-11H2,1-2H3,(H,29,34)(H,30,35)(H,36,37). The minimum Gasteiger partial charge on any atom is -0.465 e. The molecular weight excluding hydrogens is 498 g/mol. The largest absolute Gasteiger partial charge is 0.465 e. The molecule has 9 nitrogen and oxygen atoms in total. The molecule has 2 amide bonds. The molecule has 4 rings (SSSR count). The third-order valence-electron chi connectivity index (χ3n) is 6.68. The predicted octanol–water partition coefficient (Wildman–Crippen LogP) is 3.36. The molecular formula is C24H25F4N5O4. The number of likely N-dealkylation sites (N-methyl/N-ethyl adjacent to an activating group) is 1. The molecule has 2 aromatic rings. The van der Waals surface area contributed by atoms with E-state index in [1.54, 1.807) is 4.90 Å². The molecule has 198 valence electrons. The molecule has 0 radical (unpaired) electrons. The van der Waals surface area contributed by atoms with Crippen molar-refractivity contribution in [1.29, 1.82) is 0 Å². The Morgan fingerprint density at radius 3 is 2.57 bits per heavy atom. The van der Waals surface area contributed by atoms with Crippen LogP contribution in [0.25, 0.3) is 5.57 Å². The van der Waals surface area contributed by atoms with Gasteiger partial charge in [0.2, 0.25) is 5.56 Å². The second kappa shape index (κ2) is 10.2. The maximum absolute atomic E-state index is 16.0. The summed E-state index contributed by atoms with van der Waals surface area (Å²) in [4.78, 5) is 42.7. The van der Waals surface area contributed by atoms with Gasteiger partial charge in [0.05, 0.1) is 16.8 Å². The Bertz CT molecular complexity index is 1330. The Morgan fingerprint density at radius 2 is 1.95 bits per heavy atom. The van der Waals surface area contributed by atoms with Gasteiger partial charge in [-0.25, -0.2) is 22.4 Å². The van der Waals surface area contributed by atoms with Gasteiger partial charge >= 0.3 is 6.09 Å². The van der Waals surface area contributed by atoms with Crippen LogP contribution in [0.3, 0.4) is 0 Å². The summed E-state index contributed by atoms with van der Waals surface area (Å²) in [5.74, 6) is -3.23. The zero-order valence-corrected chi connectivity index (χ0v) is 20.0. The number of piperazine rings is 1. The van der Waals surface area contributed by atoms with Crippen LogP contribution in [-0.2, 0) is 0 Å². The molecule has 13 heteroatoms. The Kier molecular flexibility index (Phi) is 7.25. The van der Waals surface area contributed by atoms with Crippen LogP contribution in [0.1, 0.15) is 34.8 Å². The van der Waals surface area contributed by atoms with Crippen LogP contribution in [0, 0.1) is 11.6 Å². The summed E-state index contributed by atoms with van der Waals surface area (Å²) < 4.78 is 58.4. The highest BCUT2D eigenvalue weighted by Crippen LogP contribution is 2.38. The first-order valence-electron chi connectivity index (χ1n) is 11.4. The smallest absolute Gasteiger partial charge is 0.407 e. The number of nitrogens with one attached hydrogen (secondary N) is 2. The number of carbonyl (C=O) groups excluding carboxylic acids is 1. The van der Waals surface area contributed by atoms with E-state index in [9.17, 15) is 28.3 Å². The van der Waals surface area contributed by atoms with Crippen molar-refractivity contribution >= 4 is 28.9 Å². The van der Waals surface area contributed by atoms with Crippen molar-refractivity contribution in [3.63, 3.8) is 0 Å². The van der Waals surface area contributed by atoms with Gasteiger partial charge in [-0.2, -0.15) is 0 Å². The summed E-state index contributed by atoms with van der Waals surface area (Å²) in [6.45, 7) is 2.89. The zero-order valence-electron chi connectivity index (χ0n) is 20.0. The molecule has 1 aromatic heterocycles. The second-order valence-corrected chi connectivity index (χ2v) is 9.03. The Morgan fingerprint density at radius 1 is 1.22 bits per heavy atom. The van der Waals surface area contributed by atoms with Crippen molar-refractivity contribution in [1.82, 2.24) is 14.8 Å². The number of rotatable bonds is 5. The summed E-state index contributed by atoms with van der Waals surface area (Å²) in [6, 6.07) is 1.64. The minimum atomic E-state index is -3.15. The van der Waals surface area contributed by atoms with Gasteiger partial charge in [0, 0.05) is 62.7 Å². The van der Waals surface area contributed by atoms with Gasteiger partial charge in [-0.15, -0.1) is 0 Å². The van der Waals surface area contributed by atoms with Crippen molar-refractivity contribution in [2.75, 3.05) is 50.0 Å². The molecule has 0 bridgehead atoms. The van der Waals surface area contributed by atoms with Gasteiger partial charge in [0.15, 0.2) is 5.82 Å². The molecule has 0 saturated carbocycles. The number of aromatic amines is 1. The summed E-state index contributed by atoms with van der Waals surface area (Å²) in [7, 11) is 1.90. The van der Waals surface area contributed by atoms with E-state index in [1.165, 1.54) is 6.08 Å². The number of carboxylic acid groups (broad SMARTS) is 1. The van der Waals surface area contributed by atoms with E-state index >= 15 is 8.78 Å². The second-order valence-electron chi connectivity index (χ2n) is 9.03. The quantitative estimate of drug-likeness (QED) is 0.519. The number of alkyl halides is 2. The average Bonchev–Trinajstić information content (AvgIpc) is 3.32. The van der Waals surface area contributed by atoms with Crippen molar-refractivity contribution in [2.24, 2.45) is 0 Å². The van der Waals surface area contributed by atoms with Crippen LogP contribution in [0.4, 0.5) is 33.7 Å². The number of pyridine rings is 1. The van der Waals surface area contributed by atoms with E-state index in [2.05, 4.69) is 15.2 Å². The fourth-order valence-corrected chi connectivity index (χ4v) is 4.46. The molecule has 1 unspecified atom stereocenters. The number of H-pyrrole nitrogens is 1. The molecule has 1 atom stereocenters. The summed E-state index contributed by atoms with van der Waals surface area (Å²) in [5, 5.41) is 11.5. The van der Waals surface area contributed by atoms with Gasteiger partial charge in [-0.3, -0.25) is 9.59 Å². The molecule has 2 aliphatic rings. The first-order chi connectivity index (χ1) is 17.5. The number of benzene rings is 1. The maximum Gasteiger partial charge on any atom is 0.407 e. The summed E-state index contributed by atoms with van der Waals surface area (Å²) in [5.41, 5.74) is -3.11. The van der Waals surface area contributed by atoms with Crippen molar-refractivity contribution < 1.29 is 32.3 Å². The van der Waals surface area contributed by atoms with Crippen molar-refractivity contribution in [2.45, 2.75) is 19.4 Å². The lowest BCUT2D eigenvalue weighted by molar-refractivity contribution is 0.101. The molecule has 3 N–H and O–H groups in total. The van der Waals surface area contributed by atoms with E-state index in [4.69, 9.17) is 0 Å². The molecule has 1 fully saturated rings. The van der Waals surface area contributed by atoms with E-state index in [1.807, 2.05) is 14.0 Å². The van der Waals surface area contributed by atoms with Crippen molar-refractivity contribution in [3.8, 4) is 0 Å². The number of hydrogen-bond donors (Lipinski definition) is 3. The van der Waals surface area contributed by atoms with E-state index < -0.39 is 58.0 Å². The highest BCUT2D eigenvalue weighted by Gasteiger charge is 2.31. The number of nitrogens with zero attached hydrogens (tertiary/aromatic N) is 3. The fourth-order valence-electron chi connectivity index (χ4n) is 4.46. The molecule has 0 spiro atoms. The van der Waals surface area contributed by atoms with Crippen molar-refractivity contribution in [3.05, 3.63) is 63.1 Å². The van der Waals surface area contributed by atoms with E-state index in [0.717, 1.165) is 17.2 Å². The Labute approximate surface area is 209 Å². The lowest BCUT2D eigenvalue weighted by atomic mass is 10.0. The van der Waals surface area contributed by atoms with Gasteiger partial charge < -0.3 is 30.1 Å². The fraction of sp³-hybridized carbons (Fsp3) is 0.375. The van der Waals surface area contributed by atoms with Crippen LogP contribution >= 0.6 is 0 Å². The molecule has 3 heterocycles. The Hall–Kier alpha value is -3.87. The Balaban J connectivity index is 1.80. The third kappa shape index (κ3) is 5.17. The molecule has 1 aromatic carbocycles. The normalized spacial score (nSPS) is 18.4. The highest BCUT2D eigenvalue weighted by atomic mass is 19.3. The van der Waals surface area contributed by atoms with Crippen LogP contribution in [0.5, 0.6) is 0 Å². The average molecular weight is 523 g/mol. The molecule has 0 aliphatic carbocycles. The number of carbonyl (C=O) groups is 2. The van der Waals surface area contributed by atoms with Crippen LogP contribution in [0.15, 0.2) is 29.2 Å². The van der Waals surface area contributed by atoms with E-state index in [-0.39, 0.29) is 30.4 Å². The number of anilines is 2. The van der Waals surface area contributed by atoms with Gasteiger partial charge in [-0.1, -0.05) is 6.08 Å². The number of halogens is 4. The van der Waals surface area contributed by atoms with Gasteiger partial charge in [0.1, 0.15) is 11.5 Å². The zero-order chi connectivity index (χ0) is 27.0. The van der Waals surface area contributed by atoms with Gasteiger partial charge in [0.25, 0.3) is 12.3 Å². The van der Waals surface area contributed by atoms with E-state index in [0.29, 0.717) is 25.7 Å². The van der Waals surface area contributed by atoms with Crippen LogP contribution in [0.2, 0.25) is 0 Å². The number of amides is 2. The number of hydrogen-bond acceptors (Lipinski definition) is 5. The summed E-state index contributed by atoms with van der Waals surface area (Å²) >= 11 is 0. The molecule has 2 aliphatic heterocycles. The molecule has 37 heavy (non-hydrogen) atoms. The van der Waals surface area contributed by atoms with Crippen LogP contribution in [-0.4, -0.2) is 77.7 Å². The minimum absolute atomic E-state index is 0.00870. The monoisotopic (exact) mass is 523 g/mol. The van der Waals surface area contributed by atoms with Crippen LogP contribution < -0.4 is 15.8 Å². The molecule has 1 saturated heterocycles.